The molecule has 1 aliphatic heterocycles. The topological polar surface area (TPSA) is 79.5 Å². The van der Waals surface area contributed by atoms with Gasteiger partial charge in [-0.05, 0) is 32.0 Å². The number of carbonyl (C=O) groups is 1. The van der Waals surface area contributed by atoms with Crippen LogP contribution in [0, 0.1) is 6.92 Å². The third-order valence-corrected chi connectivity index (χ3v) is 5.09. The van der Waals surface area contributed by atoms with Crippen LogP contribution in [0.3, 0.4) is 0 Å². The molecule has 8 heteroatoms. The van der Waals surface area contributed by atoms with Gasteiger partial charge in [0.15, 0.2) is 5.96 Å². The van der Waals surface area contributed by atoms with Gasteiger partial charge in [0, 0.05) is 44.5 Å². The van der Waals surface area contributed by atoms with Crippen molar-refractivity contribution in [3.8, 4) is 5.75 Å². The van der Waals surface area contributed by atoms with Crippen molar-refractivity contribution in [2.24, 2.45) is 4.99 Å². The summed E-state index contributed by atoms with van der Waals surface area (Å²) < 4.78 is 15.8. The highest BCUT2D eigenvalue weighted by molar-refractivity contribution is 5.90. The number of hydrogen-bond acceptors (Lipinski definition) is 6. The molecule has 1 aliphatic rings. The molecule has 1 N–H and O–H groups in total. The Labute approximate surface area is 177 Å². The molecule has 2 aromatic rings. The Morgan fingerprint density at radius 2 is 1.97 bits per heavy atom. The molecule has 3 rings (SSSR count). The maximum atomic E-state index is 11.8. The first-order valence-corrected chi connectivity index (χ1v) is 10.2. The number of hydrogen-bond donors (Lipinski definition) is 1. The third kappa shape index (κ3) is 5.06. The van der Waals surface area contributed by atoms with E-state index < -0.39 is 5.97 Å². The van der Waals surface area contributed by atoms with Gasteiger partial charge in [0.2, 0.25) is 0 Å². The van der Waals surface area contributed by atoms with Gasteiger partial charge in [0.1, 0.15) is 29.4 Å². The fraction of sp³-hybridized carbons (Fsp3) is 0.455. The number of furan rings is 1. The van der Waals surface area contributed by atoms with Crippen LogP contribution in [-0.4, -0.2) is 63.8 Å². The average Bonchev–Trinajstić information content (AvgIpc) is 3.16. The molecule has 0 saturated carbocycles. The Morgan fingerprint density at radius 1 is 1.20 bits per heavy atom. The number of nitrogens with one attached hydrogen (secondary N) is 1. The van der Waals surface area contributed by atoms with Crippen LogP contribution in [0.1, 0.15) is 28.8 Å². The van der Waals surface area contributed by atoms with Crippen molar-refractivity contribution in [1.82, 2.24) is 10.2 Å². The monoisotopic (exact) mass is 414 g/mol. The standard InChI is InChI=1S/C22H30N4O4/c1-5-23-22(24-15-19-14-20(16(2)30-19)21(27)29-4)26-11-9-25(10-12-26)17-7-6-8-18(13-17)28-3/h6-8,13-14H,5,9-12,15H2,1-4H3,(H,23,24). The lowest BCUT2D eigenvalue weighted by atomic mass is 10.2. The Bertz CT molecular complexity index is 885. The van der Waals surface area contributed by atoms with Gasteiger partial charge in [0.05, 0.1) is 14.2 Å². The lowest BCUT2D eigenvalue weighted by Gasteiger charge is -2.37. The predicted octanol–water partition coefficient (Wildman–Crippen LogP) is 2.67. The van der Waals surface area contributed by atoms with Crippen LogP contribution in [-0.2, 0) is 11.3 Å². The van der Waals surface area contributed by atoms with Crippen LogP contribution in [0.2, 0.25) is 0 Å². The zero-order valence-electron chi connectivity index (χ0n) is 18.1. The molecule has 0 aliphatic carbocycles. The first kappa shape index (κ1) is 21.5. The molecule has 162 valence electrons. The number of guanidine groups is 1. The summed E-state index contributed by atoms with van der Waals surface area (Å²) in [6.07, 6.45) is 0. The summed E-state index contributed by atoms with van der Waals surface area (Å²) in [4.78, 5) is 21.1. The van der Waals surface area contributed by atoms with Gasteiger partial charge in [-0.2, -0.15) is 0 Å². The highest BCUT2D eigenvalue weighted by Gasteiger charge is 2.21. The zero-order chi connectivity index (χ0) is 21.5. The summed E-state index contributed by atoms with van der Waals surface area (Å²) in [5, 5.41) is 3.35. The number of ether oxygens (including phenoxy) is 2. The molecule has 2 heterocycles. The van der Waals surface area contributed by atoms with Crippen molar-refractivity contribution in [3.63, 3.8) is 0 Å². The molecule has 0 radical (unpaired) electrons. The summed E-state index contributed by atoms with van der Waals surface area (Å²) in [6, 6.07) is 9.84. The molecule has 1 fully saturated rings. The summed E-state index contributed by atoms with van der Waals surface area (Å²) in [5.41, 5.74) is 1.61. The number of aliphatic imine (C=N–C) groups is 1. The molecule has 0 atom stereocenters. The lowest BCUT2D eigenvalue weighted by molar-refractivity contribution is 0.0599. The Balaban J connectivity index is 1.65. The summed E-state index contributed by atoms with van der Waals surface area (Å²) >= 11 is 0. The number of methoxy groups -OCH3 is 2. The van der Waals surface area contributed by atoms with Crippen LogP contribution in [0.5, 0.6) is 5.75 Å². The Hall–Kier alpha value is -3.16. The number of carbonyl (C=O) groups excluding carboxylic acids is 1. The number of aryl methyl sites for hydroxylation is 1. The Kier molecular flexibility index (Phi) is 7.21. The van der Waals surface area contributed by atoms with E-state index >= 15 is 0 Å². The number of piperazine rings is 1. The normalized spacial score (nSPS) is 14.6. The highest BCUT2D eigenvalue weighted by atomic mass is 16.5. The molecular weight excluding hydrogens is 384 g/mol. The zero-order valence-corrected chi connectivity index (χ0v) is 18.1. The third-order valence-electron chi connectivity index (χ3n) is 5.09. The fourth-order valence-corrected chi connectivity index (χ4v) is 3.50. The second kappa shape index (κ2) is 10.0. The van der Waals surface area contributed by atoms with Gasteiger partial charge in [0.25, 0.3) is 0 Å². The molecule has 30 heavy (non-hydrogen) atoms. The van der Waals surface area contributed by atoms with Crippen molar-refractivity contribution in [2.45, 2.75) is 20.4 Å². The van der Waals surface area contributed by atoms with Crippen LogP contribution >= 0.6 is 0 Å². The van der Waals surface area contributed by atoms with Crippen LogP contribution < -0.4 is 15.0 Å². The van der Waals surface area contributed by atoms with E-state index in [1.807, 2.05) is 12.1 Å². The minimum absolute atomic E-state index is 0.357. The quantitative estimate of drug-likeness (QED) is 0.442. The number of anilines is 1. The van der Waals surface area contributed by atoms with E-state index in [0.29, 0.717) is 23.6 Å². The summed E-state index contributed by atoms with van der Waals surface area (Å²) in [7, 11) is 3.05. The van der Waals surface area contributed by atoms with E-state index in [0.717, 1.165) is 50.1 Å². The van der Waals surface area contributed by atoms with Crippen molar-refractivity contribution < 1.29 is 18.7 Å². The molecule has 0 unspecified atom stereocenters. The van der Waals surface area contributed by atoms with E-state index in [1.165, 1.54) is 7.11 Å². The minimum atomic E-state index is -0.396. The largest absolute Gasteiger partial charge is 0.497 e. The minimum Gasteiger partial charge on any atom is -0.497 e. The number of rotatable bonds is 6. The summed E-state index contributed by atoms with van der Waals surface area (Å²) in [5.74, 6) is 2.50. The first-order chi connectivity index (χ1) is 14.5. The number of esters is 1. The van der Waals surface area contributed by atoms with Crippen molar-refractivity contribution in [2.75, 3.05) is 51.8 Å². The molecule has 0 bridgehead atoms. The van der Waals surface area contributed by atoms with Gasteiger partial charge in [-0.25, -0.2) is 9.79 Å². The molecule has 0 spiro atoms. The van der Waals surface area contributed by atoms with Crippen LogP contribution in [0.4, 0.5) is 5.69 Å². The number of nitrogens with zero attached hydrogens (tertiary/aromatic N) is 3. The van der Waals surface area contributed by atoms with Gasteiger partial charge >= 0.3 is 5.97 Å². The van der Waals surface area contributed by atoms with Gasteiger partial charge in [-0.3, -0.25) is 0 Å². The molecule has 1 aromatic heterocycles. The fourth-order valence-electron chi connectivity index (χ4n) is 3.50. The average molecular weight is 415 g/mol. The second-order valence-corrected chi connectivity index (χ2v) is 7.02. The lowest BCUT2D eigenvalue weighted by Crippen LogP contribution is -2.52. The van der Waals surface area contributed by atoms with Crippen molar-refractivity contribution in [1.29, 1.82) is 0 Å². The van der Waals surface area contributed by atoms with Gasteiger partial charge in [-0.15, -0.1) is 0 Å². The van der Waals surface area contributed by atoms with Crippen LogP contribution in [0.15, 0.2) is 39.7 Å². The van der Waals surface area contributed by atoms with E-state index in [2.05, 4.69) is 34.2 Å². The first-order valence-electron chi connectivity index (χ1n) is 10.2. The molecule has 1 aromatic carbocycles. The van der Waals surface area contributed by atoms with Crippen LogP contribution in [0.25, 0.3) is 0 Å². The highest BCUT2D eigenvalue weighted by Crippen LogP contribution is 2.22. The maximum Gasteiger partial charge on any atom is 0.341 e. The molecular formula is C22H30N4O4. The maximum absolute atomic E-state index is 11.8. The Morgan fingerprint density at radius 3 is 2.63 bits per heavy atom. The van der Waals surface area contributed by atoms with E-state index in [-0.39, 0.29) is 0 Å². The molecule has 0 amide bonds. The van der Waals surface area contributed by atoms with Crippen molar-refractivity contribution in [3.05, 3.63) is 47.4 Å². The smallest absolute Gasteiger partial charge is 0.341 e. The van der Waals surface area contributed by atoms with Gasteiger partial charge < -0.3 is 29.0 Å². The molecule has 8 nitrogen and oxygen atoms in total. The second-order valence-electron chi connectivity index (χ2n) is 7.02. The van der Waals surface area contributed by atoms with Gasteiger partial charge in [-0.1, -0.05) is 6.07 Å². The predicted molar refractivity (Wildman–Crippen MR) is 116 cm³/mol. The van der Waals surface area contributed by atoms with Crippen molar-refractivity contribution >= 4 is 17.6 Å². The van der Waals surface area contributed by atoms with E-state index in [9.17, 15) is 4.79 Å². The van der Waals surface area contributed by atoms with E-state index in [1.54, 1.807) is 20.1 Å². The SMILES string of the molecule is CCNC(=NCc1cc(C(=O)OC)c(C)o1)N1CCN(c2cccc(OC)c2)CC1. The number of benzene rings is 1. The summed E-state index contributed by atoms with van der Waals surface area (Å²) in [6.45, 7) is 8.43. The van der Waals surface area contributed by atoms with E-state index in [4.69, 9.17) is 18.9 Å². The molecule has 1 saturated heterocycles.